The molecule has 0 aromatic heterocycles. The molecule has 0 amide bonds. The van der Waals surface area contributed by atoms with Gasteiger partial charge >= 0.3 is 5.97 Å². The number of hydrogen-bond acceptors (Lipinski definition) is 5. The molecule has 0 aromatic rings. The van der Waals surface area contributed by atoms with Gasteiger partial charge in [-0.15, -0.1) is 5.06 Å². The number of hydrogen-bond donors (Lipinski definition) is 3. The highest BCUT2D eigenvalue weighted by Gasteiger charge is 2.33. The van der Waals surface area contributed by atoms with E-state index in [1.807, 2.05) is 5.06 Å². The smallest absolute Gasteiger partial charge is 0.341 e. The fourth-order valence-corrected chi connectivity index (χ4v) is 3.93. The van der Waals surface area contributed by atoms with Gasteiger partial charge < -0.3 is 22.0 Å². The number of carbonyl (C=O) groups is 1. The largest absolute Gasteiger partial charge is 0.370 e. The summed E-state index contributed by atoms with van der Waals surface area (Å²) in [7, 11) is 0. The second-order valence-corrected chi connectivity index (χ2v) is 7.41. The monoisotopic (exact) mass is 353 g/mol. The van der Waals surface area contributed by atoms with Crippen LogP contribution < -0.4 is 17.2 Å². The highest BCUT2D eigenvalue weighted by atomic mass is 16.7. The summed E-state index contributed by atoms with van der Waals surface area (Å²) in [6.45, 7) is 0.484. The number of guanidine groups is 1. The average Bonchev–Trinajstić information content (AvgIpc) is 2.64. The molecule has 0 heterocycles. The highest BCUT2D eigenvalue weighted by Crippen LogP contribution is 2.30. The Balaban J connectivity index is 1.87. The number of nitrogens with zero attached hydrogens (tertiary/aromatic N) is 2. The summed E-state index contributed by atoms with van der Waals surface area (Å²) >= 11 is 0. The van der Waals surface area contributed by atoms with E-state index in [2.05, 4.69) is 4.99 Å². The quantitative estimate of drug-likeness (QED) is 0.265. The van der Waals surface area contributed by atoms with Crippen LogP contribution in [-0.2, 0) is 9.63 Å². The third-order valence-corrected chi connectivity index (χ3v) is 5.33. The molecule has 2 fully saturated rings. The lowest BCUT2D eigenvalue weighted by atomic mass is 9.90. The van der Waals surface area contributed by atoms with Gasteiger partial charge in [0.2, 0.25) is 0 Å². The van der Waals surface area contributed by atoms with E-state index in [1.165, 1.54) is 38.5 Å². The van der Waals surface area contributed by atoms with Gasteiger partial charge in [0.25, 0.3) is 0 Å². The van der Waals surface area contributed by atoms with Gasteiger partial charge in [0.15, 0.2) is 5.96 Å². The van der Waals surface area contributed by atoms with Crippen LogP contribution in [-0.4, -0.2) is 41.7 Å². The average molecular weight is 354 g/mol. The normalized spacial score (nSPS) is 21.0. The van der Waals surface area contributed by atoms with Crippen LogP contribution in [0, 0.1) is 0 Å². The van der Waals surface area contributed by atoms with Crippen molar-refractivity contribution >= 4 is 11.9 Å². The van der Waals surface area contributed by atoms with Crippen LogP contribution in [0.25, 0.3) is 0 Å². The summed E-state index contributed by atoms with van der Waals surface area (Å²) in [5.41, 5.74) is 16.6. The molecule has 2 aliphatic carbocycles. The van der Waals surface area contributed by atoms with Crippen LogP contribution >= 0.6 is 0 Å². The van der Waals surface area contributed by atoms with Crippen molar-refractivity contribution in [1.82, 2.24) is 5.06 Å². The molecule has 0 bridgehead atoms. The van der Waals surface area contributed by atoms with Crippen molar-refractivity contribution in [3.63, 3.8) is 0 Å². The first-order valence-corrected chi connectivity index (χ1v) is 9.89. The first kappa shape index (κ1) is 20.0. The lowest BCUT2D eigenvalue weighted by Crippen LogP contribution is -2.48. The molecule has 1 atom stereocenters. The Hall–Kier alpha value is -1.34. The van der Waals surface area contributed by atoms with Crippen LogP contribution in [0.15, 0.2) is 4.99 Å². The van der Waals surface area contributed by atoms with Gasteiger partial charge in [-0.1, -0.05) is 38.5 Å². The summed E-state index contributed by atoms with van der Waals surface area (Å²) in [6.07, 6.45) is 13.1. The third kappa shape index (κ3) is 6.82. The molecule has 0 unspecified atom stereocenters. The van der Waals surface area contributed by atoms with Crippen LogP contribution in [0.4, 0.5) is 0 Å². The van der Waals surface area contributed by atoms with E-state index in [4.69, 9.17) is 22.0 Å². The second kappa shape index (κ2) is 10.6. The van der Waals surface area contributed by atoms with E-state index in [1.54, 1.807) is 0 Å². The first-order chi connectivity index (χ1) is 12.1. The fourth-order valence-electron chi connectivity index (χ4n) is 3.93. The molecular formula is C18H35N5O2. The van der Waals surface area contributed by atoms with Crippen molar-refractivity contribution in [1.29, 1.82) is 0 Å². The first-order valence-electron chi connectivity index (χ1n) is 9.89. The molecule has 2 saturated carbocycles. The Bertz CT molecular complexity index is 409. The topological polar surface area (TPSA) is 120 Å². The maximum Gasteiger partial charge on any atom is 0.341 e. The lowest BCUT2D eigenvalue weighted by Gasteiger charge is -2.39. The van der Waals surface area contributed by atoms with Gasteiger partial charge in [-0.2, -0.15) is 0 Å². The molecule has 7 nitrogen and oxygen atoms in total. The van der Waals surface area contributed by atoms with Crippen molar-refractivity contribution in [2.45, 2.75) is 95.2 Å². The zero-order valence-corrected chi connectivity index (χ0v) is 15.4. The number of rotatable bonds is 8. The highest BCUT2D eigenvalue weighted by molar-refractivity contribution is 5.76. The van der Waals surface area contributed by atoms with Crippen molar-refractivity contribution in [2.75, 3.05) is 6.54 Å². The van der Waals surface area contributed by atoms with Crippen LogP contribution in [0.2, 0.25) is 0 Å². The van der Waals surface area contributed by atoms with Gasteiger partial charge in [0, 0.05) is 18.6 Å². The summed E-state index contributed by atoms with van der Waals surface area (Å²) in [5, 5.41) is 2.02. The molecule has 0 aliphatic heterocycles. The second-order valence-electron chi connectivity index (χ2n) is 7.41. The molecule has 144 valence electrons. The summed E-state index contributed by atoms with van der Waals surface area (Å²) < 4.78 is 0. The van der Waals surface area contributed by atoms with Crippen molar-refractivity contribution < 1.29 is 9.63 Å². The Kier molecular flexibility index (Phi) is 8.48. The Morgan fingerprint density at radius 1 is 1.00 bits per heavy atom. The SMILES string of the molecule is NC(N)=NCCC[C@H](N)C(=O)ON(C1CCCCC1)C1CCCCC1. The van der Waals surface area contributed by atoms with Crippen LogP contribution in [0.5, 0.6) is 0 Å². The summed E-state index contributed by atoms with van der Waals surface area (Å²) in [4.78, 5) is 22.3. The van der Waals surface area contributed by atoms with E-state index in [9.17, 15) is 4.79 Å². The minimum Gasteiger partial charge on any atom is -0.370 e. The van der Waals surface area contributed by atoms with E-state index in [0.717, 1.165) is 25.7 Å². The molecule has 2 aliphatic rings. The molecule has 0 aromatic carbocycles. The number of carbonyl (C=O) groups excluding carboxylic acids is 1. The van der Waals surface area contributed by atoms with E-state index < -0.39 is 6.04 Å². The van der Waals surface area contributed by atoms with Gasteiger partial charge in [0.1, 0.15) is 6.04 Å². The van der Waals surface area contributed by atoms with Crippen molar-refractivity contribution in [2.24, 2.45) is 22.2 Å². The molecule has 2 rings (SSSR count). The molecule has 0 spiro atoms. The maximum absolute atomic E-state index is 12.5. The zero-order valence-electron chi connectivity index (χ0n) is 15.4. The number of nitrogens with two attached hydrogens (primary N) is 3. The van der Waals surface area contributed by atoms with Crippen LogP contribution in [0.1, 0.15) is 77.0 Å². The number of aliphatic imine (C=N–C) groups is 1. The lowest BCUT2D eigenvalue weighted by molar-refractivity contribution is -0.224. The maximum atomic E-state index is 12.5. The Labute approximate surface area is 151 Å². The predicted octanol–water partition coefficient (Wildman–Crippen LogP) is 1.79. The van der Waals surface area contributed by atoms with Crippen LogP contribution in [0.3, 0.4) is 0 Å². The summed E-state index contributed by atoms with van der Waals surface area (Å²) in [6, 6.07) is 0.0909. The molecular weight excluding hydrogens is 318 g/mol. The van der Waals surface area contributed by atoms with Gasteiger partial charge in [-0.3, -0.25) is 4.99 Å². The van der Waals surface area contributed by atoms with Gasteiger partial charge in [0.05, 0.1) is 0 Å². The standard InChI is InChI=1S/C18H35N5O2/c19-16(12-7-13-22-18(20)21)17(24)25-23(14-8-3-1-4-9-14)15-10-5-2-6-11-15/h14-16H,1-13,19H2,(H4,20,21,22)/t16-/m0/s1. The van der Waals surface area contributed by atoms with E-state index in [0.29, 0.717) is 31.5 Å². The third-order valence-electron chi connectivity index (χ3n) is 5.33. The Morgan fingerprint density at radius 2 is 1.52 bits per heavy atom. The van der Waals surface area contributed by atoms with Gasteiger partial charge in [-0.05, 0) is 38.5 Å². The molecule has 0 saturated heterocycles. The van der Waals surface area contributed by atoms with E-state index >= 15 is 0 Å². The fraction of sp³-hybridized carbons (Fsp3) is 0.889. The molecule has 7 heteroatoms. The zero-order chi connectivity index (χ0) is 18.1. The number of hydroxylamine groups is 2. The molecule has 0 radical (unpaired) electrons. The summed E-state index contributed by atoms with van der Waals surface area (Å²) in [5.74, 6) is -0.252. The van der Waals surface area contributed by atoms with Crippen molar-refractivity contribution in [3.8, 4) is 0 Å². The minimum atomic E-state index is -0.621. The Morgan fingerprint density at radius 3 is 2.00 bits per heavy atom. The molecule has 6 N–H and O–H groups in total. The van der Waals surface area contributed by atoms with Gasteiger partial charge in [-0.25, -0.2) is 4.79 Å². The van der Waals surface area contributed by atoms with Crippen molar-refractivity contribution in [3.05, 3.63) is 0 Å². The minimum absolute atomic E-state index is 0.0666. The van der Waals surface area contributed by atoms with E-state index in [-0.39, 0.29) is 11.9 Å². The molecule has 25 heavy (non-hydrogen) atoms. The predicted molar refractivity (Wildman–Crippen MR) is 99.6 cm³/mol.